The van der Waals surface area contributed by atoms with Gasteiger partial charge in [0.25, 0.3) is 0 Å². The van der Waals surface area contributed by atoms with Crippen molar-refractivity contribution in [1.29, 1.82) is 0 Å². The number of anilines is 2. The molecule has 3 aromatic rings. The Bertz CT molecular complexity index is 1430. The van der Waals surface area contributed by atoms with E-state index in [1.54, 1.807) is 24.3 Å². The van der Waals surface area contributed by atoms with E-state index in [0.29, 0.717) is 60.5 Å². The van der Waals surface area contributed by atoms with E-state index >= 15 is 0 Å². The summed E-state index contributed by atoms with van der Waals surface area (Å²) in [6.45, 7) is 0. The molecule has 0 radical (unpaired) electrons. The number of aldehydes is 1. The van der Waals surface area contributed by atoms with Gasteiger partial charge in [0, 0.05) is 36.1 Å². The van der Waals surface area contributed by atoms with Crippen LogP contribution in [0.15, 0.2) is 72.8 Å². The summed E-state index contributed by atoms with van der Waals surface area (Å²) in [6.07, 6.45) is 4.25. The van der Waals surface area contributed by atoms with E-state index in [9.17, 15) is 14.4 Å². The fourth-order valence-electron chi connectivity index (χ4n) is 6.63. The zero-order chi connectivity index (χ0) is 28.6. The van der Waals surface area contributed by atoms with Gasteiger partial charge in [0.15, 0.2) is 0 Å². The molecule has 42 heavy (non-hydrogen) atoms. The molecule has 3 aliphatic rings. The van der Waals surface area contributed by atoms with E-state index in [4.69, 9.17) is 9.47 Å². The molecule has 0 aromatic heterocycles. The quantitative estimate of drug-likeness (QED) is 0.157. The zero-order valence-corrected chi connectivity index (χ0v) is 26.0. The van der Waals surface area contributed by atoms with Gasteiger partial charge in [-0.3, -0.25) is 14.9 Å². The molecule has 6 rings (SSSR count). The first-order valence-electron chi connectivity index (χ1n) is 14.3. The van der Waals surface area contributed by atoms with E-state index < -0.39 is 6.09 Å². The fraction of sp³-hybridized carbons (Fsp3) is 0.364. The average Bonchev–Trinajstić information content (AvgIpc) is 3.73. The molecule has 2 N–H and O–H groups in total. The van der Waals surface area contributed by atoms with Crippen LogP contribution in [0.5, 0.6) is 0 Å². The molecule has 3 saturated heterocycles. The molecule has 0 aliphatic carbocycles. The zero-order valence-electron chi connectivity index (χ0n) is 23.8. The Balaban J connectivity index is 0.00000353. The van der Waals surface area contributed by atoms with Gasteiger partial charge < -0.3 is 43.3 Å². The van der Waals surface area contributed by atoms with Gasteiger partial charge in [0.05, 0.1) is 19.8 Å². The normalized spacial score (nSPS) is 24.5. The Morgan fingerprint density at radius 2 is 1.64 bits per heavy atom. The van der Waals surface area contributed by atoms with Gasteiger partial charge in [-0.15, -0.1) is 0 Å². The van der Waals surface area contributed by atoms with Gasteiger partial charge in [0.1, 0.15) is 36.7 Å². The number of rotatable bonds is 9. The third kappa shape index (κ3) is 6.38. The minimum Gasteiger partial charge on any atom is -1.00 e. The molecule has 3 aliphatic heterocycles. The molecule has 9 heteroatoms. The van der Waals surface area contributed by atoms with Gasteiger partial charge in [-0.25, -0.2) is 4.79 Å². The number of fused-ring (bicyclic) bond motifs is 5. The van der Waals surface area contributed by atoms with Crippen LogP contribution in [0.4, 0.5) is 16.2 Å². The molecule has 8 nitrogen and oxygen atoms in total. The van der Waals surface area contributed by atoms with Crippen LogP contribution in [-0.4, -0.2) is 67.3 Å². The Labute approximate surface area is 263 Å². The second-order valence-electron chi connectivity index (χ2n) is 11.8. The highest BCUT2D eigenvalue weighted by Crippen LogP contribution is 2.51. The summed E-state index contributed by atoms with van der Waals surface area (Å²) in [6, 6.07) is 23.5. The molecule has 3 heterocycles. The molecule has 220 valence electrons. The highest BCUT2D eigenvalue weighted by molar-refractivity contribution is 5.92. The van der Waals surface area contributed by atoms with Crippen LogP contribution in [-0.2, 0) is 20.7 Å². The van der Waals surface area contributed by atoms with Gasteiger partial charge in [-0.2, -0.15) is 0 Å². The Morgan fingerprint density at radius 1 is 0.952 bits per heavy atom. The van der Waals surface area contributed by atoms with Crippen molar-refractivity contribution in [3.8, 4) is 11.1 Å². The van der Waals surface area contributed by atoms with E-state index in [0.717, 1.165) is 40.3 Å². The number of benzene rings is 3. The maximum atomic E-state index is 13.0. The number of halogens is 1. The number of ether oxygens (including phenoxy) is 2. The van der Waals surface area contributed by atoms with Gasteiger partial charge >= 0.3 is 6.09 Å². The number of quaternary nitrogens is 1. The first kappa shape index (κ1) is 30.2. The largest absolute Gasteiger partial charge is 1.00 e. The summed E-state index contributed by atoms with van der Waals surface area (Å²) in [7, 11) is 4.52. The molecule has 0 spiro atoms. The number of likely N-dealkylation sites (N-methyl/N-ethyl adjacent to an activating group) is 1. The van der Waals surface area contributed by atoms with E-state index in [-0.39, 0.29) is 36.0 Å². The van der Waals surface area contributed by atoms with Crippen molar-refractivity contribution in [3.05, 3.63) is 83.9 Å². The van der Waals surface area contributed by atoms with Crippen molar-refractivity contribution in [1.82, 2.24) is 0 Å². The van der Waals surface area contributed by atoms with Crippen LogP contribution in [0.25, 0.3) is 11.1 Å². The minimum absolute atomic E-state index is 0. The van der Waals surface area contributed by atoms with E-state index in [1.165, 1.54) is 0 Å². The molecule has 2 amide bonds. The second kappa shape index (κ2) is 12.5. The Hall–Kier alpha value is -3.28. The average molecular weight is 682 g/mol. The van der Waals surface area contributed by atoms with Crippen LogP contribution in [0.3, 0.4) is 0 Å². The lowest BCUT2D eigenvalue weighted by Gasteiger charge is -2.45. The highest BCUT2D eigenvalue weighted by Gasteiger charge is 2.70. The Morgan fingerprint density at radius 3 is 2.31 bits per heavy atom. The third-order valence-electron chi connectivity index (χ3n) is 8.92. The minimum atomic E-state index is -0.432. The van der Waals surface area contributed by atoms with Crippen molar-refractivity contribution in [2.45, 2.75) is 62.5 Å². The fourth-order valence-corrected chi connectivity index (χ4v) is 6.63. The predicted molar refractivity (Wildman–Crippen MR) is 157 cm³/mol. The molecule has 3 fully saturated rings. The molecule has 1 unspecified atom stereocenters. The van der Waals surface area contributed by atoms with Crippen molar-refractivity contribution >= 4 is 29.7 Å². The highest BCUT2D eigenvalue weighted by atomic mass is 127. The standard InChI is InChI=1S/C33H35N3O5.HI/c1-36(2)28-18-25(19-29(36)32-31(28)41-32)40-33(39)35-27-16-13-21(17-26(27)23-8-4-3-5-9-23)7-6-10-30(38)34-24-14-11-22(20-37)12-15-24;/h3-5,8-9,11-17,20,25,28-29,31-32H,6-7,10,18-19H2,1-2H3,(H-,34,35,37,38,39);1H/t25?,28-,29+,31-,32+;. The number of piperidine rings is 1. The topological polar surface area (TPSA) is 97.0 Å². The van der Waals surface area contributed by atoms with Crippen LogP contribution in [0.1, 0.15) is 41.6 Å². The number of nitrogens with one attached hydrogen (secondary N) is 2. The summed E-state index contributed by atoms with van der Waals surface area (Å²) < 4.78 is 12.7. The van der Waals surface area contributed by atoms with E-state index in [1.807, 2.05) is 42.5 Å². The number of carbonyl (C=O) groups excluding carboxylic acids is 3. The van der Waals surface area contributed by atoms with E-state index in [2.05, 4.69) is 30.8 Å². The first-order valence-corrected chi connectivity index (χ1v) is 14.3. The first-order chi connectivity index (χ1) is 19.8. The van der Waals surface area contributed by atoms with Crippen molar-refractivity contribution in [2.24, 2.45) is 0 Å². The lowest BCUT2D eigenvalue weighted by Crippen LogP contribution is -3.00. The SMILES string of the molecule is C[N+]1(C)[C@@H]2CC(OC(=O)Nc3ccc(CCCC(=O)Nc4ccc(C=O)cc4)cc3-c3ccccc3)C[C@H]1[C@@H]1O[C@@H]12.[I-]. The number of hydrogen-bond donors (Lipinski definition) is 2. The van der Waals surface area contributed by atoms with Crippen molar-refractivity contribution in [2.75, 3.05) is 24.7 Å². The number of nitrogens with zero attached hydrogens (tertiary/aromatic N) is 1. The second-order valence-corrected chi connectivity index (χ2v) is 11.8. The third-order valence-corrected chi connectivity index (χ3v) is 8.92. The smallest absolute Gasteiger partial charge is 0.411 e. The van der Waals surface area contributed by atoms with Crippen LogP contribution < -0.4 is 34.6 Å². The lowest BCUT2D eigenvalue weighted by molar-refractivity contribution is -0.938. The van der Waals surface area contributed by atoms with Gasteiger partial charge in [-0.1, -0.05) is 36.4 Å². The maximum Gasteiger partial charge on any atom is 0.411 e. The summed E-state index contributed by atoms with van der Waals surface area (Å²) in [5, 5.41) is 5.88. The van der Waals surface area contributed by atoms with Gasteiger partial charge in [-0.05, 0) is 60.4 Å². The van der Waals surface area contributed by atoms with Gasteiger partial charge in [0.2, 0.25) is 5.91 Å². The maximum absolute atomic E-state index is 13.0. The van der Waals surface area contributed by atoms with Crippen LogP contribution >= 0.6 is 0 Å². The number of hydrogen-bond acceptors (Lipinski definition) is 5. The number of epoxide rings is 1. The van der Waals surface area contributed by atoms with Crippen LogP contribution in [0, 0.1) is 0 Å². The summed E-state index contributed by atoms with van der Waals surface area (Å²) in [4.78, 5) is 36.3. The summed E-state index contributed by atoms with van der Waals surface area (Å²) in [5.74, 6) is -0.0737. The molecule has 2 bridgehead atoms. The molecule has 5 atom stereocenters. The number of carbonyl (C=O) groups is 3. The number of amides is 2. The molecular formula is C33H36IN3O5. The summed E-state index contributed by atoms with van der Waals surface area (Å²) in [5.41, 5.74) is 4.92. The van der Waals surface area contributed by atoms with Crippen molar-refractivity contribution in [3.63, 3.8) is 0 Å². The van der Waals surface area contributed by atoms with Crippen molar-refractivity contribution < 1.29 is 52.3 Å². The molecule has 3 aromatic carbocycles. The summed E-state index contributed by atoms with van der Waals surface area (Å²) >= 11 is 0. The predicted octanol–water partition coefficient (Wildman–Crippen LogP) is 2.44. The molecule has 0 saturated carbocycles. The molecular weight excluding hydrogens is 645 g/mol. The number of aryl methyl sites for hydroxylation is 1. The Kier molecular flexibility index (Phi) is 9.00. The number of morpholine rings is 1. The van der Waals surface area contributed by atoms with Crippen LogP contribution in [0.2, 0.25) is 0 Å². The lowest BCUT2D eigenvalue weighted by atomic mass is 9.96. The monoisotopic (exact) mass is 681 g/mol.